The topological polar surface area (TPSA) is 77.0 Å². The van der Waals surface area contributed by atoms with Gasteiger partial charge in [-0.25, -0.2) is 14.8 Å². The largest absolute Gasteiger partial charge is 0.465 e. The van der Waals surface area contributed by atoms with Crippen LogP contribution in [0, 0.1) is 6.92 Å². The number of aryl methyl sites for hydroxylation is 1. The Morgan fingerprint density at radius 2 is 1.96 bits per heavy atom. The highest BCUT2D eigenvalue weighted by Gasteiger charge is 2.08. The summed E-state index contributed by atoms with van der Waals surface area (Å²) < 4.78 is 4.77. The number of hydrogen-bond donors (Lipinski definition) is 1. The zero-order valence-corrected chi connectivity index (χ0v) is 14.1. The van der Waals surface area contributed by atoms with Crippen molar-refractivity contribution in [2.24, 2.45) is 0 Å². The number of carbonyl (C=O) groups is 1. The first-order valence-corrected chi connectivity index (χ1v) is 7.81. The Balaban J connectivity index is 1.77. The Kier molecular flexibility index (Phi) is 4.99. The van der Waals surface area contributed by atoms with E-state index in [1.807, 2.05) is 19.1 Å². The SMILES string of the molecule is COC(=O)c1ccc(C)c(NCc2cncc(-c3ncccn3)c2)c1. The van der Waals surface area contributed by atoms with Crippen LogP contribution >= 0.6 is 0 Å². The van der Waals surface area contributed by atoms with E-state index in [1.54, 1.807) is 43.0 Å². The summed E-state index contributed by atoms with van der Waals surface area (Å²) in [5.74, 6) is 0.286. The van der Waals surface area contributed by atoms with Crippen molar-refractivity contribution < 1.29 is 9.53 Å². The molecule has 0 saturated heterocycles. The van der Waals surface area contributed by atoms with Crippen molar-refractivity contribution >= 4 is 11.7 Å². The number of rotatable bonds is 5. The van der Waals surface area contributed by atoms with Gasteiger partial charge in [0.25, 0.3) is 0 Å². The van der Waals surface area contributed by atoms with E-state index in [0.717, 1.165) is 22.4 Å². The lowest BCUT2D eigenvalue weighted by Gasteiger charge is -2.11. The van der Waals surface area contributed by atoms with Crippen LogP contribution in [0.3, 0.4) is 0 Å². The van der Waals surface area contributed by atoms with Crippen LogP contribution in [0.4, 0.5) is 5.69 Å². The third kappa shape index (κ3) is 3.98. The van der Waals surface area contributed by atoms with Gasteiger partial charge in [0.2, 0.25) is 0 Å². The van der Waals surface area contributed by atoms with Crippen molar-refractivity contribution in [2.45, 2.75) is 13.5 Å². The summed E-state index contributed by atoms with van der Waals surface area (Å²) in [6.45, 7) is 2.55. The van der Waals surface area contributed by atoms with E-state index in [-0.39, 0.29) is 5.97 Å². The Hall–Kier alpha value is -3.28. The van der Waals surface area contributed by atoms with Gasteiger partial charge in [0.15, 0.2) is 5.82 Å². The molecule has 0 aliphatic carbocycles. The summed E-state index contributed by atoms with van der Waals surface area (Å²) >= 11 is 0. The van der Waals surface area contributed by atoms with Gasteiger partial charge in [0.1, 0.15) is 0 Å². The number of hydrogen-bond acceptors (Lipinski definition) is 6. The molecule has 6 heteroatoms. The molecule has 0 spiro atoms. The predicted octanol–water partition coefficient (Wildman–Crippen LogP) is 3.25. The van der Waals surface area contributed by atoms with Crippen LogP contribution in [0.15, 0.2) is 55.1 Å². The molecule has 25 heavy (non-hydrogen) atoms. The quantitative estimate of drug-likeness (QED) is 0.722. The first-order chi connectivity index (χ1) is 12.2. The molecule has 0 fully saturated rings. The fourth-order valence-electron chi connectivity index (χ4n) is 2.41. The lowest BCUT2D eigenvalue weighted by atomic mass is 10.1. The summed E-state index contributed by atoms with van der Waals surface area (Å²) in [4.78, 5) is 24.4. The number of pyridine rings is 1. The number of aromatic nitrogens is 3. The Morgan fingerprint density at radius 3 is 2.72 bits per heavy atom. The molecule has 3 rings (SSSR count). The Bertz CT molecular complexity index is 882. The van der Waals surface area contributed by atoms with Crippen LogP contribution in [-0.2, 0) is 11.3 Å². The van der Waals surface area contributed by atoms with Gasteiger partial charge < -0.3 is 10.1 Å². The van der Waals surface area contributed by atoms with Crippen LogP contribution in [0.2, 0.25) is 0 Å². The van der Waals surface area contributed by atoms with Crippen molar-refractivity contribution in [1.82, 2.24) is 15.0 Å². The molecule has 0 aliphatic heterocycles. The van der Waals surface area contributed by atoms with E-state index in [4.69, 9.17) is 4.74 Å². The average Bonchev–Trinajstić information content (AvgIpc) is 2.67. The molecular formula is C19H18N4O2. The number of nitrogens with zero attached hydrogens (tertiary/aromatic N) is 3. The molecule has 1 N–H and O–H groups in total. The van der Waals surface area contributed by atoms with Crippen molar-refractivity contribution in [3.63, 3.8) is 0 Å². The highest BCUT2D eigenvalue weighted by molar-refractivity contribution is 5.90. The van der Waals surface area contributed by atoms with Gasteiger partial charge >= 0.3 is 5.97 Å². The summed E-state index contributed by atoms with van der Waals surface area (Å²) in [6.07, 6.45) is 6.94. The third-order valence-electron chi connectivity index (χ3n) is 3.76. The Morgan fingerprint density at radius 1 is 1.16 bits per heavy atom. The second kappa shape index (κ2) is 7.53. The molecule has 0 radical (unpaired) electrons. The Labute approximate surface area is 145 Å². The predicted molar refractivity (Wildman–Crippen MR) is 95.1 cm³/mol. The number of nitrogens with one attached hydrogen (secondary N) is 1. The van der Waals surface area contributed by atoms with Crippen LogP contribution in [0.25, 0.3) is 11.4 Å². The van der Waals surface area contributed by atoms with E-state index in [0.29, 0.717) is 17.9 Å². The number of anilines is 1. The zero-order chi connectivity index (χ0) is 17.6. The van der Waals surface area contributed by atoms with Gasteiger partial charge in [-0.15, -0.1) is 0 Å². The van der Waals surface area contributed by atoms with Crippen LogP contribution in [0.1, 0.15) is 21.5 Å². The normalized spacial score (nSPS) is 10.3. The maximum atomic E-state index is 11.7. The maximum absolute atomic E-state index is 11.7. The molecule has 0 amide bonds. The van der Waals surface area contributed by atoms with E-state index in [1.165, 1.54) is 7.11 Å². The highest BCUT2D eigenvalue weighted by Crippen LogP contribution is 2.20. The minimum absolute atomic E-state index is 0.354. The molecule has 0 aliphatic rings. The van der Waals surface area contributed by atoms with Gasteiger partial charge in [0, 0.05) is 42.6 Å². The summed E-state index contributed by atoms with van der Waals surface area (Å²) in [5.41, 5.74) is 4.29. The molecule has 2 heterocycles. The number of methoxy groups -OCH3 is 1. The molecule has 6 nitrogen and oxygen atoms in total. The van der Waals surface area contributed by atoms with Crippen molar-refractivity contribution in [3.8, 4) is 11.4 Å². The molecule has 3 aromatic rings. The highest BCUT2D eigenvalue weighted by atomic mass is 16.5. The van der Waals surface area contributed by atoms with Crippen molar-refractivity contribution in [1.29, 1.82) is 0 Å². The summed E-state index contributed by atoms with van der Waals surface area (Å²) in [5, 5.41) is 3.34. The van der Waals surface area contributed by atoms with E-state index in [2.05, 4.69) is 20.3 Å². The van der Waals surface area contributed by atoms with Crippen LogP contribution in [0.5, 0.6) is 0 Å². The van der Waals surface area contributed by atoms with Gasteiger partial charge in [-0.2, -0.15) is 0 Å². The number of benzene rings is 1. The standard InChI is InChI=1S/C19H18N4O2/c1-13-4-5-15(19(24)25-2)9-17(13)23-11-14-8-16(12-20-10-14)18-21-6-3-7-22-18/h3-10,12,23H,11H2,1-2H3. The number of ether oxygens (including phenoxy) is 1. The van der Waals surface area contributed by atoms with E-state index >= 15 is 0 Å². The lowest BCUT2D eigenvalue weighted by Crippen LogP contribution is -2.06. The van der Waals surface area contributed by atoms with E-state index in [9.17, 15) is 4.79 Å². The average molecular weight is 334 g/mol. The monoisotopic (exact) mass is 334 g/mol. The number of esters is 1. The van der Waals surface area contributed by atoms with Crippen LogP contribution < -0.4 is 5.32 Å². The first kappa shape index (κ1) is 16.6. The van der Waals surface area contributed by atoms with Gasteiger partial charge in [0.05, 0.1) is 12.7 Å². The summed E-state index contributed by atoms with van der Waals surface area (Å²) in [6, 6.07) is 9.20. The molecule has 0 atom stereocenters. The second-order valence-corrected chi connectivity index (χ2v) is 5.53. The molecule has 0 unspecified atom stereocenters. The fraction of sp³-hybridized carbons (Fsp3) is 0.158. The van der Waals surface area contributed by atoms with E-state index < -0.39 is 0 Å². The third-order valence-corrected chi connectivity index (χ3v) is 3.76. The molecule has 0 saturated carbocycles. The lowest BCUT2D eigenvalue weighted by molar-refractivity contribution is 0.0601. The molecule has 0 bridgehead atoms. The minimum Gasteiger partial charge on any atom is -0.465 e. The first-order valence-electron chi connectivity index (χ1n) is 7.81. The van der Waals surface area contributed by atoms with Crippen LogP contribution in [-0.4, -0.2) is 28.0 Å². The van der Waals surface area contributed by atoms with Gasteiger partial charge in [-0.1, -0.05) is 6.07 Å². The minimum atomic E-state index is -0.354. The molecule has 1 aromatic carbocycles. The van der Waals surface area contributed by atoms with Gasteiger partial charge in [-0.3, -0.25) is 4.98 Å². The van der Waals surface area contributed by atoms with Crippen molar-refractivity contribution in [3.05, 3.63) is 71.8 Å². The molecule has 2 aromatic heterocycles. The second-order valence-electron chi connectivity index (χ2n) is 5.53. The zero-order valence-electron chi connectivity index (χ0n) is 14.1. The van der Waals surface area contributed by atoms with Gasteiger partial charge in [-0.05, 0) is 42.3 Å². The molecular weight excluding hydrogens is 316 g/mol. The maximum Gasteiger partial charge on any atom is 0.337 e. The fourth-order valence-corrected chi connectivity index (χ4v) is 2.41. The smallest absolute Gasteiger partial charge is 0.337 e. The summed E-state index contributed by atoms with van der Waals surface area (Å²) in [7, 11) is 1.37. The molecule has 126 valence electrons. The number of carbonyl (C=O) groups excluding carboxylic acids is 1. The van der Waals surface area contributed by atoms with Crippen molar-refractivity contribution in [2.75, 3.05) is 12.4 Å².